The van der Waals surface area contributed by atoms with E-state index in [1.165, 1.54) is 5.39 Å². The van der Waals surface area contributed by atoms with E-state index < -0.39 is 0 Å². The first-order valence-electron chi connectivity index (χ1n) is 4.95. The molecule has 1 aliphatic rings. The van der Waals surface area contributed by atoms with Crippen LogP contribution in [-0.2, 0) is 4.84 Å². The number of benzene rings is 1. The van der Waals surface area contributed by atoms with E-state index in [0.29, 0.717) is 6.61 Å². The average molecular weight is 201 g/mol. The topological polar surface area (TPSA) is 37.4 Å². The van der Waals surface area contributed by atoms with E-state index in [1.807, 2.05) is 24.3 Å². The summed E-state index contributed by atoms with van der Waals surface area (Å²) in [4.78, 5) is 9.73. The predicted octanol–water partition coefficient (Wildman–Crippen LogP) is 1.49. The van der Waals surface area contributed by atoms with Crippen LogP contribution in [0.25, 0.3) is 10.8 Å². The van der Waals surface area contributed by atoms with Crippen LogP contribution in [0.4, 0.5) is 5.82 Å². The number of nitrogens with zero attached hydrogens (tertiary/aromatic N) is 2. The van der Waals surface area contributed by atoms with Gasteiger partial charge < -0.3 is 0 Å². The van der Waals surface area contributed by atoms with Crippen LogP contribution in [0.2, 0.25) is 0 Å². The molecule has 0 radical (unpaired) electrons. The van der Waals surface area contributed by atoms with Gasteiger partial charge in [-0.05, 0) is 11.5 Å². The highest BCUT2D eigenvalue weighted by Crippen LogP contribution is 2.23. The second kappa shape index (κ2) is 3.49. The first-order valence-corrected chi connectivity index (χ1v) is 4.95. The lowest BCUT2D eigenvalue weighted by molar-refractivity contribution is 0.157. The fraction of sp³-hybridized carbons (Fsp3) is 0.182. The fourth-order valence-electron chi connectivity index (χ4n) is 1.73. The molecular weight excluding hydrogens is 190 g/mol. The summed E-state index contributed by atoms with van der Waals surface area (Å²) in [6.45, 7) is 1.51. The summed E-state index contributed by atoms with van der Waals surface area (Å²) in [5.74, 6) is 0.825. The number of nitrogens with one attached hydrogen (secondary N) is 1. The number of fused-ring (bicyclic) bond motifs is 1. The maximum absolute atomic E-state index is 5.41. The van der Waals surface area contributed by atoms with E-state index in [4.69, 9.17) is 4.84 Å². The smallest absolute Gasteiger partial charge is 0.178 e. The lowest BCUT2D eigenvalue weighted by atomic mass is 10.2. The Bertz CT molecular complexity index is 475. The van der Waals surface area contributed by atoms with E-state index >= 15 is 0 Å². The number of rotatable bonds is 1. The fourth-order valence-corrected chi connectivity index (χ4v) is 1.73. The largest absolute Gasteiger partial charge is 0.255 e. The molecule has 1 aromatic heterocycles. The highest BCUT2D eigenvalue weighted by Gasteiger charge is 2.16. The minimum Gasteiger partial charge on any atom is -0.255 e. The first kappa shape index (κ1) is 8.64. The standard InChI is InChI=1S/C11H11N3O/c1-2-4-10-9(3-1)5-6-12-11(10)14-13-7-8-15-14/h1-6,13H,7-8H2. The first-order chi connectivity index (χ1) is 7.45. The number of aromatic nitrogens is 1. The number of hydrazine groups is 1. The van der Waals surface area contributed by atoms with Crippen molar-refractivity contribution in [2.75, 3.05) is 18.3 Å². The number of hydrogen-bond donors (Lipinski definition) is 1. The third-order valence-electron chi connectivity index (χ3n) is 2.42. The van der Waals surface area contributed by atoms with Gasteiger partial charge in [0.15, 0.2) is 5.82 Å². The zero-order valence-electron chi connectivity index (χ0n) is 8.18. The van der Waals surface area contributed by atoms with Gasteiger partial charge in [0, 0.05) is 18.1 Å². The van der Waals surface area contributed by atoms with Gasteiger partial charge in [-0.3, -0.25) is 4.84 Å². The molecule has 1 fully saturated rings. The molecule has 0 bridgehead atoms. The maximum Gasteiger partial charge on any atom is 0.178 e. The second-order valence-electron chi connectivity index (χ2n) is 3.39. The molecule has 15 heavy (non-hydrogen) atoms. The molecule has 1 aromatic carbocycles. The van der Waals surface area contributed by atoms with Gasteiger partial charge in [0.25, 0.3) is 0 Å². The van der Waals surface area contributed by atoms with E-state index in [1.54, 1.807) is 11.4 Å². The summed E-state index contributed by atoms with van der Waals surface area (Å²) >= 11 is 0. The molecule has 0 amide bonds. The number of anilines is 1. The van der Waals surface area contributed by atoms with Crippen molar-refractivity contribution in [1.82, 2.24) is 10.4 Å². The Kier molecular flexibility index (Phi) is 2.01. The summed E-state index contributed by atoms with van der Waals surface area (Å²) in [5.41, 5.74) is 3.11. The van der Waals surface area contributed by atoms with E-state index in [9.17, 15) is 0 Å². The molecule has 1 N–H and O–H groups in total. The molecule has 4 heteroatoms. The van der Waals surface area contributed by atoms with Crippen molar-refractivity contribution in [3.8, 4) is 0 Å². The normalized spacial score (nSPS) is 16.1. The summed E-state index contributed by atoms with van der Waals surface area (Å²) in [6, 6.07) is 10.1. The van der Waals surface area contributed by atoms with Crippen LogP contribution in [0.1, 0.15) is 0 Å². The molecule has 0 aliphatic carbocycles. The molecule has 0 spiro atoms. The number of hydrogen-bond acceptors (Lipinski definition) is 4. The average Bonchev–Trinajstić information content (AvgIpc) is 2.82. The zero-order chi connectivity index (χ0) is 10.1. The highest BCUT2D eigenvalue weighted by atomic mass is 16.7. The quantitative estimate of drug-likeness (QED) is 0.758. The van der Waals surface area contributed by atoms with E-state index in [0.717, 1.165) is 17.7 Å². The van der Waals surface area contributed by atoms with Crippen LogP contribution >= 0.6 is 0 Å². The van der Waals surface area contributed by atoms with E-state index in [-0.39, 0.29) is 0 Å². The Hall–Kier alpha value is -1.65. The van der Waals surface area contributed by atoms with Crippen LogP contribution in [-0.4, -0.2) is 18.1 Å². The third-order valence-corrected chi connectivity index (χ3v) is 2.42. The minimum absolute atomic E-state index is 0.685. The van der Waals surface area contributed by atoms with Crippen LogP contribution < -0.4 is 10.6 Å². The Morgan fingerprint density at radius 1 is 1.27 bits per heavy atom. The Morgan fingerprint density at radius 3 is 3.07 bits per heavy atom. The SMILES string of the molecule is c1ccc2c(N3NCCO3)nccc2c1. The Balaban J connectivity index is 2.16. The van der Waals surface area contributed by atoms with Gasteiger partial charge in [-0.1, -0.05) is 24.3 Å². The Labute approximate surface area is 87.4 Å². The van der Waals surface area contributed by atoms with Crippen molar-refractivity contribution in [3.05, 3.63) is 36.5 Å². The van der Waals surface area contributed by atoms with Gasteiger partial charge in [-0.25, -0.2) is 10.4 Å². The zero-order valence-corrected chi connectivity index (χ0v) is 8.18. The Morgan fingerprint density at radius 2 is 2.20 bits per heavy atom. The van der Waals surface area contributed by atoms with Gasteiger partial charge in [-0.2, -0.15) is 5.17 Å². The van der Waals surface area contributed by atoms with Gasteiger partial charge in [0.1, 0.15) is 0 Å². The van der Waals surface area contributed by atoms with Crippen molar-refractivity contribution in [2.45, 2.75) is 0 Å². The predicted molar refractivity (Wildman–Crippen MR) is 58.2 cm³/mol. The summed E-state index contributed by atoms with van der Waals surface area (Å²) < 4.78 is 0. The molecule has 1 saturated heterocycles. The molecule has 76 valence electrons. The molecule has 0 unspecified atom stereocenters. The number of pyridine rings is 1. The van der Waals surface area contributed by atoms with Gasteiger partial charge in [0.05, 0.1) is 6.61 Å². The molecule has 3 rings (SSSR count). The van der Waals surface area contributed by atoms with Crippen LogP contribution in [0.15, 0.2) is 36.5 Å². The minimum atomic E-state index is 0.685. The summed E-state index contributed by atoms with van der Waals surface area (Å²) in [7, 11) is 0. The monoisotopic (exact) mass is 201 g/mol. The van der Waals surface area contributed by atoms with Crippen molar-refractivity contribution in [2.24, 2.45) is 0 Å². The molecule has 4 nitrogen and oxygen atoms in total. The summed E-state index contributed by atoms with van der Waals surface area (Å²) in [5, 5.41) is 3.90. The van der Waals surface area contributed by atoms with Gasteiger partial charge >= 0.3 is 0 Å². The summed E-state index contributed by atoms with van der Waals surface area (Å²) in [6.07, 6.45) is 1.79. The second-order valence-corrected chi connectivity index (χ2v) is 3.39. The lowest BCUT2D eigenvalue weighted by Crippen LogP contribution is -2.30. The third kappa shape index (κ3) is 1.44. The van der Waals surface area contributed by atoms with Crippen LogP contribution in [0.5, 0.6) is 0 Å². The van der Waals surface area contributed by atoms with Crippen molar-refractivity contribution in [3.63, 3.8) is 0 Å². The van der Waals surface area contributed by atoms with Crippen molar-refractivity contribution < 1.29 is 4.84 Å². The molecule has 2 heterocycles. The van der Waals surface area contributed by atoms with Crippen molar-refractivity contribution in [1.29, 1.82) is 0 Å². The molecule has 0 saturated carbocycles. The van der Waals surface area contributed by atoms with Crippen LogP contribution in [0.3, 0.4) is 0 Å². The molecule has 1 aliphatic heterocycles. The lowest BCUT2D eigenvalue weighted by Gasteiger charge is -2.16. The van der Waals surface area contributed by atoms with E-state index in [2.05, 4.69) is 16.5 Å². The molecule has 2 aromatic rings. The van der Waals surface area contributed by atoms with Gasteiger partial charge in [0.2, 0.25) is 0 Å². The molecule has 0 atom stereocenters. The van der Waals surface area contributed by atoms with Crippen molar-refractivity contribution >= 4 is 16.6 Å². The maximum atomic E-state index is 5.41. The molecular formula is C11H11N3O. The van der Waals surface area contributed by atoms with Gasteiger partial charge in [-0.15, -0.1) is 0 Å². The van der Waals surface area contributed by atoms with Crippen LogP contribution in [0, 0.1) is 0 Å². The highest BCUT2D eigenvalue weighted by molar-refractivity contribution is 5.91.